The van der Waals surface area contributed by atoms with Gasteiger partial charge in [-0.1, -0.05) is 5.16 Å². The number of thiazole rings is 1. The maximum absolute atomic E-state index is 13.6. The first-order valence-electron chi connectivity index (χ1n) is 15.4. The van der Waals surface area contributed by atoms with Crippen LogP contribution in [0.1, 0.15) is 35.7 Å². The van der Waals surface area contributed by atoms with Gasteiger partial charge in [0.2, 0.25) is 5.60 Å². The molecular weight excluding hydrogens is 806 g/mol. The number of fused-ring (bicyclic) bond motifs is 2. The average molecular weight is 836 g/mol. The maximum Gasteiger partial charge on any atom is 0.352 e. The van der Waals surface area contributed by atoms with E-state index in [9.17, 15) is 44.4 Å². The van der Waals surface area contributed by atoms with Crippen LogP contribution >= 0.6 is 47.3 Å². The molecule has 3 aromatic heterocycles. The van der Waals surface area contributed by atoms with Gasteiger partial charge in [-0.25, -0.2) is 14.8 Å². The van der Waals surface area contributed by atoms with Gasteiger partial charge in [0.15, 0.2) is 28.2 Å². The summed E-state index contributed by atoms with van der Waals surface area (Å²) in [5.74, 6) is -4.89. The van der Waals surface area contributed by atoms with Crippen LogP contribution in [0.5, 0.6) is 11.5 Å². The molecule has 9 N–H and O–H groups in total. The van der Waals surface area contributed by atoms with Crippen molar-refractivity contribution in [3.63, 3.8) is 0 Å². The summed E-state index contributed by atoms with van der Waals surface area (Å²) in [6.07, 6.45) is 1.50. The highest BCUT2D eigenvalue weighted by Crippen LogP contribution is 2.41. The largest absolute Gasteiger partial charge is 0.504 e. The minimum absolute atomic E-state index is 0. The number of hydrazine groups is 1. The van der Waals surface area contributed by atoms with Crippen molar-refractivity contribution in [1.29, 1.82) is 0 Å². The molecule has 0 spiro atoms. The molecule has 290 valence electrons. The summed E-state index contributed by atoms with van der Waals surface area (Å²) in [4.78, 5) is 83.7. The van der Waals surface area contributed by atoms with Gasteiger partial charge in [0, 0.05) is 28.6 Å². The molecule has 2 aliphatic heterocycles. The first kappa shape index (κ1) is 40.5. The van der Waals surface area contributed by atoms with Crippen molar-refractivity contribution in [3.05, 3.63) is 64.2 Å². The highest BCUT2D eigenvalue weighted by Gasteiger charge is 2.54. The van der Waals surface area contributed by atoms with Crippen molar-refractivity contribution >= 4 is 93.5 Å². The monoisotopic (exact) mass is 835 g/mol. The van der Waals surface area contributed by atoms with E-state index in [0.717, 1.165) is 28.4 Å². The zero-order chi connectivity index (χ0) is 38.9. The molecule has 0 radical (unpaired) electrons. The zero-order valence-corrected chi connectivity index (χ0v) is 31.6. The summed E-state index contributed by atoms with van der Waals surface area (Å²) in [5.41, 5.74) is 7.91. The predicted octanol–water partition coefficient (Wildman–Crippen LogP) is -0.0203. The third-order valence-corrected chi connectivity index (χ3v) is 10.9. The summed E-state index contributed by atoms with van der Waals surface area (Å²) in [6.45, 7) is 2.18. The number of halogens is 1. The number of phenols is 2. The second-order valence-electron chi connectivity index (χ2n) is 11.8. The maximum atomic E-state index is 13.6. The van der Waals surface area contributed by atoms with Crippen molar-refractivity contribution in [2.45, 2.75) is 42.5 Å². The van der Waals surface area contributed by atoms with Crippen molar-refractivity contribution in [1.82, 2.24) is 45.6 Å². The molecule has 4 amide bonds. The quantitative estimate of drug-likeness (QED) is 0.0232. The lowest BCUT2D eigenvalue weighted by molar-refractivity contribution is -0.150. The van der Waals surface area contributed by atoms with E-state index in [1.54, 1.807) is 6.07 Å². The Labute approximate surface area is 327 Å². The average Bonchev–Trinajstić information content (AvgIpc) is 3.78. The summed E-state index contributed by atoms with van der Waals surface area (Å²) < 4.78 is 1.42. The van der Waals surface area contributed by atoms with Crippen LogP contribution < -0.4 is 21.9 Å². The van der Waals surface area contributed by atoms with Crippen LogP contribution in [0.2, 0.25) is 0 Å². The van der Waals surface area contributed by atoms with E-state index in [-0.39, 0.29) is 64.2 Å². The predicted molar refractivity (Wildman–Crippen MR) is 198 cm³/mol. The Morgan fingerprint density at radius 3 is 2.58 bits per heavy atom. The lowest BCUT2D eigenvalue weighted by Crippen LogP contribution is -2.71. The number of phenolic OH excluding ortho intramolecular Hbond substituents is 2. The number of oxime groups is 1. The number of amides is 4. The van der Waals surface area contributed by atoms with Crippen LogP contribution in [0.4, 0.5) is 5.13 Å². The van der Waals surface area contributed by atoms with Gasteiger partial charge in [-0.05, 0) is 43.7 Å². The van der Waals surface area contributed by atoms with E-state index in [2.05, 4.69) is 41.4 Å². The number of carbonyl (C=O) groups is 5. The molecule has 1 aromatic carbocycles. The van der Waals surface area contributed by atoms with E-state index < -0.39 is 63.8 Å². The number of hydrogen-bond donors (Lipinski definition) is 8. The second kappa shape index (κ2) is 16.4. The van der Waals surface area contributed by atoms with Gasteiger partial charge >= 0.3 is 5.97 Å². The number of benzene rings is 1. The van der Waals surface area contributed by atoms with Crippen molar-refractivity contribution in [2.75, 3.05) is 17.2 Å². The molecule has 0 aliphatic carbocycles. The number of carboxylic acids is 1. The van der Waals surface area contributed by atoms with Crippen LogP contribution in [-0.2, 0) is 30.6 Å². The number of aliphatic hydroxyl groups excluding tert-OH is 1. The first-order valence-corrected chi connectivity index (χ1v) is 18.4. The van der Waals surface area contributed by atoms with Gasteiger partial charge in [0.25, 0.3) is 29.4 Å². The minimum atomic E-state index is -1.81. The van der Waals surface area contributed by atoms with Gasteiger partial charge in [-0.2, -0.15) is 9.50 Å². The number of anilines is 1. The third-order valence-electron chi connectivity index (χ3n) is 7.74. The Morgan fingerprint density at radius 1 is 1.15 bits per heavy atom. The van der Waals surface area contributed by atoms with E-state index >= 15 is 0 Å². The zero-order valence-electron chi connectivity index (χ0n) is 28.3. The highest BCUT2D eigenvalue weighted by molar-refractivity contribution is 8.01. The Kier molecular flexibility index (Phi) is 12.0. The fourth-order valence-corrected chi connectivity index (χ4v) is 7.94. The lowest BCUT2D eigenvalue weighted by atomic mass is 10.0. The number of aromatic hydroxyl groups is 2. The summed E-state index contributed by atoms with van der Waals surface area (Å²) in [5, 5.41) is 50.5. The van der Waals surface area contributed by atoms with Gasteiger partial charge in [0.05, 0.1) is 0 Å². The molecule has 6 rings (SSSR count). The number of aliphatic hydroxyl groups is 1. The van der Waals surface area contributed by atoms with Crippen molar-refractivity contribution < 1.29 is 49.2 Å². The smallest absolute Gasteiger partial charge is 0.352 e. The van der Waals surface area contributed by atoms with Crippen LogP contribution in [0.3, 0.4) is 0 Å². The summed E-state index contributed by atoms with van der Waals surface area (Å²) in [7, 11) is 0. The number of β-lactam (4-membered cyclic amide) rings is 1. The van der Waals surface area contributed by atoms with E-state index in [0.29, 0.717) is 10.6 Å². The fraction of sp³-hybridized carbons (Fsp3) is 0.267. The molecule has 2 atom stereocenters. The third kappa shape index (κ3) is 8.36. The molecule has 2 aliphatic rings. The molecular formula is C30H30ClN11O10S3. The van der Waals surface area contributed by atoms with E-state index in [1.807, 2.05) is 0 Å². The molecule has 0 saturated carbocycles. The van der Waals surface area contributed by atoms with E-state index in [1.165, 1.54) is 59.5 Å². The van der Waals surface area contributed by atoms with E-state index in [4.69, 9.17) is 10.6 Å². The van der Waals surface area contributed by atoms with Crippen molar-refractivity contribution in [2.24, 2.45) is 5.16 Å². The number of nitrogens with zero attached hydrogens (tertiary/aromatic N) is 7. The van der Waals surface area contributed by atoms with Crippen LogP contribution in [0.15, 0.2) is 57.3 Å². The lowest BCUT2D eigenvalue weighted by Gasteiger charge is -2.49. The molecule has 5 heterocycles. The summed E-state index contributed by atoms with van der Waals surface area (Å²) in [6, 6.07) is 3.77. The number of nitrogen functional groups attached to an aromatic ring is 1. The topological polar surface area (TPSA) is 309 Å². The number of nitrogens with two attached hydrogens (primary N) is 1. The number of thioether (sulfide) groups is 2. The fourth-order valence-electron chi connectivity index (χ4n) is 4.96. The standard InChI is InChI=1S/C30H29N11O10S3.ClH/c1-30(2,27(50)37-36-22(45)12-3-4-15(43)16(44)7-12)51-39-19(14-11-54-28(31)33-14)23(46)35-20-24(47)40-21(26(48)49)13(10-53-25(20)40)9-52-18-5-6-32-29-34-17(8-42)38-41(18)29;/h3-7,11,20,25,42-44H,8-10H2,1-2H3,(H2,31,33)(H,35,46)(H,36,45)(H,37,50)(H,48,49);1H/t20?,25-;/m0./s1. The Hall–Kier alpha value is -5.69. The SMILES string of the molecule is CC(C)(ON=C(C(=O)NC1C(=O)N2C(C(=O)O)=C(CSc3ccnc4nc(CO)nn34)CS[C@@H]12)c1csc(N)n1)C(=O)NNC(=O)c1ccc(O)c(O)c1.Cl. The van der Waals surface area contributed by atoms with Gasteiger partial charge in [-0.15, -0.1) is 52.4 Å². The molecule has 55 heavy (non-hydrogen) atoms. The summed E-state index contributed by atoms with van der Waals surface area (Å²) >= 11 is 3.47. The molecule has 1 saturated heterocycles. The number of carboxylic acid groups (broad SMARTS) is 1. The van der Waals surface area contributed by atoms with Gasteiger partial charge in [0.1, 0.15) is 34.4 Å². The molecule has 1 unspecified atom stereocenters. The number of hydrogen-bond acceptors (Lipinski definition) is 18. The second-order valence-corrected chi connectivity index (χ2v) is 14.8. The van der Waals surface area contributed by atoms with Gasteiger partial charge in [-0.3, -0.25) is 34.9 Å². The van der Waals surface area contributed by atoms with Crippen LogP contribution in [-0.4, -0.2) is 114 Å². The number of nitrogens with one attached hydrogen (secondary N) is 3. The van der Waals surface area contributed by atoms with Gasteiger partial charge < -0.3 is 36.3 Å². The number of rotatable bonds is 12. The molecule has 0 bridgehead atoms. The number of aliphatic carboxylic acids is 1. The Morgan fingerprint density at radius 2 is 1.91 bits per heavy atom. The van der Waals surface area contributed by atoms with Crippen LogP contribution in [0, 0.1) is 0 Å². The Balaban J connectivity index is 0.00000580. The number of carbonyl (C=O) groups excluding carboxylic acids is 4. The number of aromatic nitrogens is 5. The molecule has 1 fully saturated rings. The molecule has 25 heteroatoms. The molecule has 4 aromatic rings. The van der Waals surface area contributed by atoms with Crippen LogP contribution in [0.25, 0.3) is 5.78 Å². The Bertz CT molecular complexity index is 2260. The molecule has 21 nitrogen and oxygen atoms in total. The highest BCUT2D eigenvalue weighted by atomic mass is 35.5. The first-order chi connectivity index (χ1) is 25.7. The minimum Gasteiger partial charge on any atom is -0.504 e. The van der Waals surface area contributed by atoms with Crippen molar-refractivity contribution in [3.8, 4) is 11.5 Å². The normalized spacial score (nSPS) is 16.8.